The summed E-state index contributed by atoms with van der Waals surface area (Å²) in [5.74, 6) is -0.836. The zero-order chi connectivity index (χ0) is 17.6. The molecule has 3 N–H and O–H groups in total. The van der Waals surface area contributed by atoms with Crippen molar-refractivity contribution in [2.75, 3.05) is 7.11 Å². The lowest BCUT2D eigenvalue weighted by Gasteiger charge is -2.06. The van der Waals surface area contributed by atoms with Crippen LogP contribution in [0, 0.1) is 44.1 Å². The third-order valence-electron chi connectivity index (χ3n) is 2.71. The highest BCUT2D eigenvalue weighted by molar-refractivity contribution is 5.70. The Bertz CT molecular complexity index is 834. The molecular weight excluding hydrogens is 302 g/mol. The van der Waals surface area contributed by atoms with Crippen LogP contribution in [-0.2, 0) is 0 Å². The average molecular weight is 311 g/mol. The van der Waals surface area contributed by atoms with Crippen LogP contribution in [0.1, 0.15) is 5.56 Å². The third kappa shape index (κ3) is 3.54. The van der Waals surface area contributed by atoms with Crippen LogP contribution in [0.5, 0.6) is 11.5 Å². The summed E-state index contributed by atoms with van der Waals surface area (Å²) in [4.78, 5) is 10.1. The number of phenolic OH excluding ortho intramolecular Hbond substituents is 1. The summed E-state index contributed by atoms with van der Waals surface area (Å²) in [5, 5.41) is 47.2. The zero-order valence-electron chi connectivity index (χ0n) is 11.8. The largest absolute Gasteiger partial charge is 0.500 e. The van der Waals surface area contributed by atoms with E-state index in [0.29, 0.717) is 0 Å². The molecule has 23 heavy (non-hydrogen) atoms. The molecule has 0 aliphatic rings. The highest BCUT2D eigenvalue weighted by Crippen LogP contribution is 2.37. The van der Waals surface area contributed by atoms with Crippen LogP contribution >= 0.6 is 0 Å². The van der Waals surface area contributed by atoms with Crippen molar-refractivity contribution in [3.63, 3.8) is 0 Å². The Balaban J connectivity index is 3.59. The van der Waals surface area contributed by atoms with Gasteiger partial charge in [0.15, 0.2) is 11.3 Å². The molecule has 0 amide bonds. The van der Waals surface area contributed by atoms with Gasteiger partial charge in [-0.3, -0.25) is 10.1 Å². The van der Waals surface area contributed by atoms with Crippen molar-refractivity contribution in [2.24, 2.45) is 5.73 Å². The van der Waals surface area contributed by atoms with Gasteiger partial charge in [-0.15, -0.1) is 0 Å². The third-order valence-corrected chi connectivity index (χ3v) is 2.71. The predicted molar refractivity (Wildman–Crippen MR) is 77.3 cm³/mol. The number of hydrogen-bond donors (Lipinski definition) is 2. The number of rotatable bonds is 4. The van der Waals surface area contributed by atoms with Crippen molar-refractivity contribution >= 4 is 11.8 Å². The summed E-state index contributed by atoms with van der Waals surface area (Å²) in [6.07, 6.45) is 1.14. The standard InChI is InChI=1S/C14H9N5O4/c1-23-12-4-8(3-11(14(12)20)19(21)22)2-9(5-15)13(18)10(6-16)7-17/h2-4,20H,18H2,1H3/b9-2+. The van der Waals surface area contributed by atoms with Crippen LogP contribution in [0.4, 0.5) is 5.69 Å². The molecule has 0 aliphatic carbocycles. The minimum absolute atomic E-state index is 0.126. The number of allylic oxidation sites excluding steroid dienone is 2. The second-order valence-electron chi connectivity index (χ2n) is 4.03. The van der Waals surface area contributed by atoms with Gasteiger partial charge in [-0.1, -0.05) is 0 Å². The van der Waals surface area contributed by atoms with Gasteiger partial charge in [-0.25, -0.2) is 0 Å². The highest BCUT2D eigenvalue weighted by Gasteiger charge is 2.20. The average Bonchev–Trinajstić information content (AvgIpc) is 2.54. The first kappa shape index (κ1) is 17.0. The smallest absolute Gasteiger partial charge is 0.315 e. The molecule has 0 radical (unpaired) electrons. The second kappa shape index (κ2) is 7.11. The molecule has 0 fully saturated rings. The number of hydrogen-bond acceptors (Lipinski definition) is 8. The zero-order valence-corrected chi connectivity index (χ0v) is 11.8. The molecule has 1 rings (SSSR count). The normalized spacial score (nSPS) is 9.91. The van der Waals surface area contributed by atoms with Crippen molar-refractivity contribution in [3.05, 3.63) is 44.7 Å². The lowest BCUT2D eigenvalue weighted by molar-refractivity contribution is -0.386. The van der Waals surface area contributed by atoms with Crippen molar-refractivity contribution in [3.8, 4) is 29.7 Å². The number of nitro groups is 1. The maximum absolute atomic E-state index is 10.9. The van der Waals surface area contributed by atoms with E-state index in [1.165, 1.54) is 13.2 Å². The fourth-order valence-electron chi connectivity index (χ4n) is 1.61. The molecule has 114 valence electrons. The number of ether oxygens (including phenoxy) is 1. The number of methoxy groups -OCH3 is 1. The van der Waals surface area contributed by atoms with E-state index in [1.54, 1.807) is 18.2 Å². The van der Waals surface area contributed by atoms with E-state index in [1.807, 2.05) is 0 Å². The van der Waals surface area contributed by atoms with E-state index in [0.717, 1.165) is 12.1 Å². The lowest BCUT2D eigenvalue weighted by atomic mass is 10.0. The van der Waals surface area contributed by atoms with E-state index >= 15 is 0 Å². The maximum Gasteiger partial charge on any atom is 0.315 e. The maximum atomic E-state index is 10.9. The van der Waals surface area contributed by atoms with Gasteiger partial charge < -0.3 is 15.6 Å². The Labute approximate surface area is 130 Å². The van der Waals surface area contributed by atoms with E-state index in [2.05, 4.69) is 0 Å². The van der Waals surface area contributed by atoms with Crippen molar-refractivity contribution in [2.45, 2.75) is 0 Å². The number of benzene rings is 1. The molecule has 0 bridgehead atoms. The van der Waals surface area contributed by atoms with Gasteiger partial charge in [0, 0.05) is 6.07 Å². The number of aromatic hydroxyl groups is 1. The molecule has 1 aromatic rings. The number of nitrogens with two attached hydrogens (primary N) is 1. The van der Waals surface area contributed by atoms with Crippen molar-refractivity contribution in [1.82, 2.24) is 0 Å². The summed E-state index contributed by atoms with van der Waals surface area (Å²) >= 11 is 0. The van der Waals surface area contributed by atoms with E-state index in [-0.39, 0.29) is 22.6 Å². The minimum Gasteiger partial charge on any atom is -0.500 e. The predicted octanol–water partition coefficient (Wildman–Crippen LogP) is 1.48. The molecule has 0 atom stereocenters. The Kier molecular flexibility index (Phi) is 5.27. The van der Waals surface area contributed by atoms with Crippen LogP contribution < -0.4 is 10.5 Å². The molecule has 0 saturated carbocycles. The first-order chi connectivity index (χ1) is 10.9. The number of nitro benzene ring substituents is 1. The van der Waals surface area contributed by atoms with Crippen molar-refractivity contribution in [1.29, 1.82) is 15.8 Å². The Morgan fingerprint density at radius 3 is 2.39 bits per heavy atom. The monoisotopic (exact) mass is 311 g/mol. The van der Waals surface area contributed by atoms with Crippen LogP contribution in [0.3, 0.4) is 0 Å². The first-order valence-electron chi connectivity index (χ1n) is 5.87. The SMILES string of the molecule is COc1cc(/C=C(\C#N)C(N)=C(C#N)C#N)cc([N+](=O)[O-])c1O. The lowest BCUT2D eigenvalue weighted by Crippen LogP contribution is -2.03. The van der Waals surface area contributed by atoms with Gasteiger partial charge in [-0.05, 0) is 17.7 Å². The highest BCUT2D eigenvalue weighted by atomic mass is 16.6. The van der Waals surface area contributed by atoms with Crippen LogP contribution in [-0.4, -0.2) is 17.1 Å². The summed E-state index contributed by atoms with van der Waals surface area (Å²) in [5.41, 5.74) is 4.02. The van der Waals surface area contributed by atoms with Crippen LogP contribution in [0.15, 0.2) is 29.0 Å². The van der Waals surface area contributed by atoms with Crippen LogP contribution in [0.2, 0.25) is 0 Å². The van der Waals surface area contributed by atoms with Gasteiger partial charge in [0.05, 0.1) is 23.3 Å². The molecule has 0 saturated heterocycles. The molecule has 0 spiro atoms. The summed E-state index contributed by atoms with van der Waals surface area (Å²) in [6, 6.07) is 7.03. The van der Waals surface area contributed by atoms with E-state index < -0.39 is 21.9 Å². The Morgan fingerprint density at radius 2 is 1.96 bits per heavy atom. The summed E-state index contributed by atoms with van der Waals surface area (Å²) < 4.78 is 4.83. The summed E-state index contributed by atoms with van der Waals surface area (Å²) in [7, 11) is 1.20. The van der Waals surface area contributed by atoms with E-state index in [4.69, 9.17) is 26.3 Å². The molecule has 0 unspecified atom stereocenters. The number of nitriles is 3. The number of phenols is 1. The minimum atomic E-state index is -0.823. The Morgan fingerprint density at radius 1 is 1.35 bits per heavy atom. The molecule has 9 nitrogen and oxygen atoms in total. The van der Waals surface area contributed by atoms with E-state index in [9.17, 15) is 15.2 Å². The topological polar surface area (TPSA) is 170 Å². The fourth-order valence-corrected chi connectivity index (χ4v) is 1.61. The van der Waals surface area contributed by atoms with Crippen LogP contribution in [0.25, 0.3) is 6.08 Å². The molecule has 0 aliphatic heterocycles. The molecule has 1 aromatic carbocycles. The molecule has 0 heterocycles. The molecular formula is C14H9N5O4. The van der Waals surface area contributed by atoms with Gasteiger partial charge >= 0.3 is 5.69 Å². The number of nitrogens with zero attached hydrogens (tertiary/aromatic N) is 4. The van der Waals surface area contributed by atoms with Gasteiger partial charge in [0.2, 0.25) is 5.75 Å². The quantitative estimate of drug-likeness (QED) is 0.364. The van der Waals surface area contributed by atoms with Gasteiger partial charge in [-0.2, -0.15) is 15.8 Å². The fraction of sp³-hybridized carbons (Fsp3) is 0.0714. The second-order valence-corrected chi connectivity index (χ2v) is 4.03. The van der Waals surface area contributed by atoms with Gasteiger partial charge in [0.1, 0.15) is 18.2 Å². The molecule has 0 aromatic heterocycles. The van der Waals surface area contributed by atoms with Crippen molar-refractivity contribution < 1.29 is 14.8 Å². The molecule has 9 heteroatoms. The first-order valence-corrected chi connectivity index (χ1v) is 5.87. The van der Waals surface area contributed by atoms with Gasteiger partial charge in [0.25, 0.3) is 0 Å². The summed E-state index contributed by atoms with van der Waals surface area (Å²) in [6.45, 7) is 0. The Hall–Kier alpha value is -4.03.